The first-order valence-electron chi connectivity index (χ1n) is 8.75. The largest absolute Gasteiger partial charge is 0.344 e. The van der Waals surface area contributed by atoms with Gasteiger partial charge in [0.1, 0.15) is 0 Å². The highest BCUT2D eigenvalue weighted by Gasteiger charge is 2.26. The van der Waals surface area contributed by atoms with E-state index < -0.39 is 0 Å². The predicted molar refractivity (Wildman–Crippen MR) is 101 cm³/mol. The van der Waals surface area contributed by atoms with Gasteiger partial charge in [-0.3, -0.25) is 0 Å². The van der Waals surface area contributed by atoms with Gasteiger partial charge in [-0.2, -0.15) is 0 Å². The van der Waals surface area contributed by atoms with E-state index >= 15 is 0 Å². The van der Waals surface area contributed by atoms with Crippen LogP contribution in [0.5, 0.6) is 0 Å². The van der Waals surface area contributed by atoms with Crippen LogP contribution in [0.1, 0.15) is 38.9 Å². The van der Waals surface area contributed by atoms with Crippen molar-refractivity contribution >= 4 is 11.4 Å². The van der Waals surface area contributed by atoms with Gasteiger partial charge in [-0.25, -0.2) is 0 Å². The highest BCUT2D eigenvalue weighted by atomic mass is 15.1. The monoisotopic (exact) mass is 311 g/mol. The maximum Gasteiger partial charge on any atom is 0.0447 e. The summed E-state index contributed by atoms with van der Waals surface area (Å²) in [5, 5.41) is 0. The van der Waals surface area contributed by atoms with Crippen molar-refractivity contribution in [1.29, 1.82) is 0 Å². The fourth-order valence-corrected chi connectivity index (χ4v) is 4.46. The average Bonchev–Trinajstić information content (AvgIpc) is 2.61. The Morgan fingerprint density at radius 3 is 2.21 bits per heavy atom. The highest BCUT2D eigenvalue weighted by molar-refractivity contribution is 5.77. The lowest BCUT2D eigenvalue weighted by molar-refractivity contribution is 0.942. The van der Waals surface area contributed by atoms with E-state index in [0.29, 0.717) is 0 Å². The van der Waals surface area contributed by atoms with E-state index in [1.165, 1.54) is 44.8 Å². The average molecular weight is 311 g/mol. The third kappa shape index (κ3) is 1.88. The molecule has 0 amide bonds. The number of rotatable bonds is 0. The number of fused-ring (bicyclic) bond motifs is 5. The first-order chi connectivity index (χ1) is 11.7. The summed E-state index contributed by atoms with van der Waals surface area (Å²) >= 11 is 0. The third-order valence-electron chi connectivity index (χ3n) is 5.83. The van der Waals surface area contributed by atoms with Crippen molar-refractivity contribution < 1.29 is 0 Å². The molecule has 0 N–H and O–H groups in total. The first kappa shape index (κ1) is 13.9. The summed E-state index contributed by atoms with van der Waals surface area (Å²) in [5.74, 6) is 0. The lowest BCUT2D eigenvalue weighted by Crippen LogP contribution is -2.22. The van der Waals surface area contributed by atoms with E-state index in [-0.39, 0.29) is 0 Å². The van der Waals surface area contributed by atoms with Crippen molar-refractivity contribution in [1.82, 2.24) is 0 Å². The van der Waals surface area contributed by atoms with Gasteiger partial charge in [-0.05, 0) is 70.8 Å². The van der Waals surface area contributed by atoms with Crippen LogP contribution in [-0.4, -0.2) is 7.05 Å². The Labute approximate surface area is 143 Å². The van der Waals surface area contributed by atoms with Crippen molar-refractivity contribution in [3.63, 3.8) is 0 Å². The topological polar surface area (TPSA) is 3.24 Å². The highest BCUT2D eigenvalue weighted by Crippen LogP contribution is 2.43. The molecule has 3 aromatic rings. The smallest absolute Gasteiger partial charge is 0.0447 e. The molecule has 1 aliphatic carbocycles. The van der Waals surface area contributed by atoms with Crippen LogP contribution in [-0.2, 0) is 19.3 Å². The van der Waals surface area contributed by atoms with Crippen molar-refractivity contribution in [2.75, 3.05) is 11.9 Å². The van der Waals surface area contributed by atoms with Gasteiger partial charge in [0.15, 0.2) is 0 Å². The Morgan fingerprint density at radius 1 is 0.625 bits per heavy atom. The first-order valence-corrected chi connectivity index (χ1v) is 8.75. The zero-order chi connectivity index (χ0) is 16.3. The maximum absolute atomic E-state index is 2.38. The molecule has 1 heterocycles. The van der Waals surface area contributed by atoms with Crippen molar-refractivity contribution in [2.45, 2.75) is 26.2 Å². The molecule has 0 bridgehead atoms. The third-order valence-corrected chi connectivity index (χ3v) is 5.83. The number of aryl methyl sites for hydroxylation is 1. The molecule has 5 rings (SSSR count). The Morgan fingerprint density at radius 2 is 1.38 bits per heavy atom. The molecule has 1 heteroatoms. The van der Waals surface area contributed by atoms with E-state index in [1.807, 2.05) is 0 Å². The summed E-state index contributed by atoms with van der Waals surface area (Å²) in [4.78, 5) is 2.38. The molecular weight excluding hydrogens is 290 g/mol. The maximum atomic E-state index is 2.38. The quantitative estimate of drug-likeness (QED) is 0.433. The second kappa shape index (κ2) is 4.98. The molecule has 0 unspecified atom stereocenters. The molecule has 0 saturated heterocycles. The van der Waals surface area contributed by atoms with Crippen LogP contribution < -0.4 is 4.90 Å². The van der Waals surface area contributed by atoms with E-state index in [0.717, 1.165) is 19.3 Å². The molecule has 0 spiro atoms. The van der Waals surface area contributed by atoms with E-state index in [9.17, 15) is 0 Å². The van der Waals surface area contributed by atoms with Gasteiger partial charge < -0.3 is 4.90 Å². The van der Waals surface area contributed by atoms with Gasteiger partial charge in [0, 0.05) is 24.8 Å². The fraction of sp³-hybridized carbons (Fsp3) is 0.217. The standard InChI is InChI=1S/C23H21N/c1-15-6-5-9-22-19(15)14-21-20-13-17-8-4-3-7-16(17)12-18(20)10-11-23(21)24(22)2/h3-11H,12-14H2,1-2H3. The Bertz CT molecular complexity index is 968. The van der Waals surface area contributed by atoms with Gasteiger partial charge in [-0.15, -0.1) is 0 Å². The van der Waals surface area contributed by atoms with Crippen LogP contribution in [0, 0.1) is 6.92 Å². The molecule has 118 valence electrons. The second-order valence-electron chi connectivity index (χ2n) is 7.13. The normalized spacial score (nSPS) is 14.5. The summed E-state index contributed by atoms with van der Waals surface area (Å²) < 4.78 is 0. The van der Waals surface area contributed by atoms with Crippen LogP contribution in [0.3, 0.4) is 0 Å². The van der Waals surface area contributed by atoms with Gasteiger partial charge in [-0.1, -0.05) is 42.5 Å². The summed E-state index contributed by atoms with van der Waals surface area (Å²) in [6, 6.07) is 20.2. The molecule has 0 saturated carbocycles. The number of hydrogen-bond donors (Lipinski definition) is 0. The van der Waals surface area contributed by atoms with E-state index in [4.69, 9.17) is 0 Å². The fourth-order valence-electron chi connectivity index (χ4n) is 4.46. The summed E-state index contributed by atoms with van der Waals surface area (Å²) in [5.41, 5.74) is 13.2. The van der Waals surface area contributed by atoms with Gasteiger partial charge >= 0.3 is 0 Å². The minimum absolute atomic E-state index is 1.06. The SMILES string of the molecule is Cc1cccc2c1Cc1c(ccc3c1Cc1ccccc1C3)N2C. The summed E-state index contributed by atoms with van der Waals surface area (Å²) in [6.45, 7) is 2.24. The Kier molecular flexibility index (Phi) is 2.87. The molecule has 0 atom stereocenters. The second-order valence-corrected chi connectivity index (χ2v) is 7.13. The van der Waals surface area contributed by atoms with Gasteiger partial charge in [0.2, 0.25) is 0 Å². The molecule has 24 heavy (non-hydrogen) atoms. The molecule has 1 nitrogen and oxygen atoms in total. The van der Waals surface area contributed by atoms with Crippen LogP contribution >= 0.6 is 0 Å². The van der Waals surface area contributed by atoms with Crippen molar-refractivity contribution in [3.05, 3.63) is 93.5 Å². The predicted octanol–water partition coefficient (Wildman–Crippen LogP) is 5.16. The van der Waals surface area contributed by atoms with Crippen LogP contribution in [0.4, 0.5) is 11.4 Å². The summed E-state index contributed by atoms with van der Waals surface area (Å²) in [6.07, 6.45) is 3.21. The summed E-state index contributed by atoms with van der Waals surface area (Å²) in [7, 11) is 2.21. The minimum Gasteiger partial charge on any atom is -0.344 e. The molecule has 2 aliphatic rings. The van der Waals surface area contributed by atoms with Crippen molar-refractivity contribution in [2.24, 2.45) is 0 Å². The number of benzene rings is 3. The zero-order valence-corrected chi connectivity index (χ0v) is 14.3. The zero-order valence-electron chi connectivity index (χ0n) is 14.3. The Balaban J connectivity index is 1.69. The number of hydrogen-bond acceptors (Lipinski definition) is 1. The van der Waals surface area contributed by atoms with E-state index in [1.54, 1.807) is 5.56 Å². The molecule has 1 aliphatic heterocycles. The van der Waals surface area contributed by atoms with Crippen LogP contribution in [0.15, 0.2) is 54.6 Å². The van der Waals surface area contributed by atoms with Crippen molar-refractivity contribution in [3.8, 4) is 0 Å². The lowest BCUT2D eigenvalue weighted by atomic mass is 9.80. The molecule has 0 aromatic heterocycles. The number of nitrogens with zero attached hydrogens (tertiary/aromatic N) is 1. The molecular formula is C23H21N. The molecule has 0 fully saturated rings. The van der Waals surface area contributed by atoms with Gasteiger partial charge in [0.25, 0.3) is 0 Å². The lowest BCUT2D eigenvalue weighted by Gasteiger charge is -2.34. The van der Waals surface area contributed by atoms with Crippen LogP contribution in [0.2, 0.25) is 0 Å². The Hall–Kier alpha value is -2.54. The molecule has 3 aromatic carbocycles. The molecule has 0 radical (unpaired) electrons. The number of anilines is 2. The van der Waals surface area contributed by atoms with Crippen LogP contribution in [0.25, 0.3) is 0 Å². The van der Waals surface area contributed by atoms with E-state index in [2.05, 4.69) is 73.5 Å². The van der Waals surface area contributed by atoms with Gasteiger partial charge in [0.05, 0.1) is 0 Å². The minimum atomic E-state index is 1.06.